The second-order valence-electron chi connectivity index (χ2n) is 4.61. The van der Waals surface area contributed by atoms with Gasteiger partial charge in [-0.3, -0.25) is 14.5 Å². The summed E-state index contributed by atoms with van der Waals surface area (Å²) in [4.78, 5) is 25.7. The zero-order chi connectivity index (χ0) is 16.1. The normalized spacial score (nSPS) is 16.6. The predicted molar refractivity (Wildman–Crippen MR) is 83.8 cm³/mol. The first-order valence-electron chi connectivity index (χ1n) is 6.68. The Bertz CT molecular complexity index is 614. The van der Waals surface area contributed by atoms with Gasteiger partial charge in [-0.15, -0.1) is 0 Å². The van der Waals surface area contributed by atoms with E-state index in [0.717, 1.165) is 11.8 Å². The van der Waals surface area contributed by atoms with E-state index in [2.05, 4.69) is 0 Å². The van der Waals surface area contributed by atoms with Gasteiger partial charge in [0.25, 0.3) is 11.1 Å². The van der Waals surface area contributed by atoms with Crippen LogP contribution in [0.2, 0.25) is 0 Å². The number of benzene rings is 1. The molecule has 118 valence electrons. The topological polar surface area (TPSA) is 76.1 Å². The first kappa shape index (κ1) is 16.4. The van der Waals surface area contributed by atoms with E-state index < -0.39 is 0 Å². The average Bonchev–Trinajstić information content (AvgIpc) is 2.76. The van der Waals surface area contributed by atoms with Crippen molar-refractivity contribution in [1.82, 2.24) is 4.90 Å². The number of hydrogen-bond acceptors (Lipinski definition) is 6. The van der Waals surface area contributed by atoms with Crippen molar-refractivity contribution in [1.29, 1.82) is 0 Å². The third-order valence-electron chi connectivity index (χ3n) is 3.11. The maximum absolute atomic E-state index is 12.2. The van der Waals surface area contributed by atoms with Gasteiger partial charge in [-0.1, -0.05) is 6.07 Å². The second-order valence-corrected chi connectivity index (χ2v) is 5.60. The molecule has 1 saturated heterocycles. The van der Waals surface area contributed by atoms with E-state index in [1.807, 2.05) is 0 Å². The van der Waals surface area contributed by atoms with Crippen LogP contribution in [0.25, 0.3) is 6.08 Å². The van der Waals surface area contributed by atoms with E-state index in [1.165, 1.54) is 18.1 Å². The van der Waals surface area contributed by atoms with Crippen LogP contribution in [0, 0.1) is 0 Å². The first-order valence-corrected chi connectivity index (χ1v) is 7.49. The summed E-state index contributed by atoms with van der Waals surface area (Å²) in [6.07, 6.45) is 2.22. The summed E-state index contributed by atoms with van der Waals surface area (Å²) in [6.45, 7) is 0.838. The number of phenols is 1. The maximum Gasteiger partial charge on any atom is 0.293 e. The van der Waals surface area contributed by atoms with Crippen LogP contribution >= 0.6 is 11.8 Å². The Hall–Kier alpha value is -1.99. The number of phenolic OH excluding ortho intramolecular Hbond substituents is 1. The van der Waals surface area contributed by atoms with Gasteiger partial charge >= 0.3 is 0 Å². The molecule has 0 spiro atoms. The third kappa shape index (κ3) is 3.61. The molecule has 1 aliphatic heterocycles. The van der Waals surface area contributed by atoms with E-state index in [1.54, 1.807) is 25.3 Å². The molecule has 1 fully saturated rings. The molecule has 1 aromatic rings. The average molecular weight is 323 g/mol. The van der Waals surface area contributed by atoms with Gasteiger partial charge in [-0.05, 0) is 42.0 Å². The molecule has 0 bridgehead atoms. The molecule has 6 nitrogen and oxygen atoms in total. The van der Waals surface area contributed by atoms with Gasteiger partial charge in [0.2, 0.25) is 0 Å². The lowest BCUT2D eigenvalue weighted by Crippen LogP contribution is -2.29. The minimum atomic E-state index is -0.307. The summed E-state index contributed by atoms with van der Waals surface area (Å²) >= 11 is 0.907. The molecule has 0 radical (unpaired) electrons. The van der Waals surface area contributed by atoms with E-state index in [-0.39, 0.29) is 16.9 Å². The standard InChI is InChI=1S/C15H17NO5S/c1-20-7-3-6-16-14(18)13(22-15(16)19)9-10-4-5-11(17)12(8-10)21-2/h4-5,8-9,17H,3,6-7H2,1-2H3/b13-9-. The van der Waals surface area contributed by atoms with Gasteiger partial charge in [0.1, 0.15) is 0 Å². The van der Waals surface area contributed by atoms with Gasteiger partial charge in [-0.25, -0.2) is 0 Å². The largest absolute Gasteiger partial charge is 0.504 e. The highest BCUT2D eigenvalue weighted by Gasteiger charge is 2.34. The number of imide groups is 1. The van der Waals surface area contributed by atoms with Crippen LogP contribution < -0.4 is 4.74 Å². The number of aromatic hydroxyl groups is 1. The number of carbonyl (C=O) groups excluding carboxylic acids is 2. The van der Waals surface area contributed by atoms with Crippen LogP contribution in [-0.2, 0) is 9.53 Å². The van der Waals surface area contributed by atoms with Crippen LogP contribution in [0.1, 0.15) is 12.0 Å². The fourth-order valence-electron chi connectivity index (χ4n) is 2.00. The molecular weight excluding hydrogens is 306 g/mol. The second kappa shape index (κ2) is 7.33. The summed E-state index contributed by atoms with van der Waals surface area (Å²) < 4.78 is 9.95. The molecule has 22 heavy (non-hydrogen) atoms. The van der Waals surface area contributed by atoms with E-state index >= 15 is 0 Å². The SMILES string of the molecule is COCCCN1C(=O)S/C(=C\c2ccc(O)c(OC)c2)C1=O. The van der Waals surface area contributed by atoms with E-state index in [9.17, 15) is 14.7 Å². The quantitative estimate of drug-likeness (QED) is 0.640. The maximum atomic E-state index is 12.2. The first-order chi connectivity index (χ1) is 10.6. The van der Waals surface area contributed by atoms with Crippen LogP contribution in [0.3, 0.4) is 0 Å². The van der Waals surface area contributed by atoms with Crippen molar-refractivity contribution < 1.29 is 24.2 Å². The Morgan fingerprint density at radius 1 is 1.32 bits per heavy atom. The summed E-state index contributed by atoms with van der Waals surface area (Å²) in [5.41, 5.74) is 0.678. The highest BCUT2D eigenvalue weighted by molar-refractivity contribution is 8.18. The molecule has 0 saturated carbocycles. The van der Waals surface area contributed by atoms with E-state index in [0.29, 0.717) is 35.8 Å². The minimum Gasteiger partial charge on any atom is -0.504 e. The molecule has 0 aromatic heterocycles. The molecule has 0 unspecified atom stereocenters. The van der Waals surface area contributed by atoms with Gasteiger partial charge in [0, 0.05) is 20.3 Å². The molecule has 7 heteroatoms. The van der Waals surface area contributed by atoms with E-state index in [4.69, 9.17) is 9.47 Å². The molecule has 1 N–H and O–H groups in total. The fraction of sp³-hybridized carbons (Fsp3) is 0.333. The van der Waals surface area contributed by atoms with Crippen molar-refractivity contribution in [2.24, 2.45) is 0 Å². The Balaban J connectivity index is 2.15. The zero-order valence-electron chi connectivity index (χ0n) is 12.4. The summed E-state index contributed by atoms with van der Waals surface area (Å²) in [5.74, 6) is 0.0264. The molecular formula is C15H17NO5S. The lowest BCUT2D eigenvalue weighted by atomic mass is 10.2. The van der Waals surface area contributed by atoms with Gasteiger partial charge < -0.3 is 14.6 Å². The number of hydrogen-bond donors (Lipinski definition) is 1. The van der Waals surface area contributed by atoms with Crippen molar-refractivity contribution in [3.63, 3.8) is 0 Å². The van der Waals surface area contributed by atoms with Crippen LogP contribution in [0.4, 0.5) is 4.79 Å². The lowest BCUT2D eigenvalue weighted by Gasteiger charge is -2.11. The molecule has 1 aliphatic rings. The third-order valence-corrected chi connectivity index (χ3v) is 4.01. The van der Waals surface area contributed by atoms with Crippen molar-refractivity contribution in [2.45, 2.75) is 6.42 Å². The molecule has 2 rings (SSSR count). The van der Waals surface area contributed by atoms with Crippen molar-refractivity contribution >= 4 is 29.0 Å². The molecule has 0 atom stereocenters. The zero-order valence-corrected chi connectivity index (χ0v) is 13.2. The van der Waals surface area contributed by atoms with Gasteiger partial charge in [-0.2, -0.15) is 0 Å². The van der Waals surface area contributed by atoms with Crippen LogP contribution in [-0.4, -0.2) is 48.5 Å². The highest BCUT2D eigenvalue weighted by Crippen LogP contribution is 2.34. The molecule has 1 heterocycles. The van der Waals surface area contributed by atoms with Gasteiger partial charge in [0.05, 0.1) is 12.0 Å². The number of nitrogens with zero attached hydrogens (tertiary/aromatic N) is 1. The lowest BCUT2D eigenvalue weighted by molar-refractivity contribution is -0.122. The number of methoxy groups -OCH3 is 2. The predicted octanol–water partition coefficient (Wildman–Crippen LogP) is 2.47. The number of rotatable bonds is 6. The Morgan fingerprint density at radius 2 is 2.09 bits per heavy atom. The molecule has 1 aromatic carbocycles. The summed E-state index contributed by atoms with van der Waals surface area (Å²) in [7, 11) is 3.02. The van der Waals surface area contributed by atoms with Crippen molar-refractivity contribution in [3.05, 3.63) is 28.7 Å². The highest BCUT2D eigenvalue weighted by atomic mass is 32.2. The minimum absolute atomic E-state index is 0.0207. The Labute approximate surface area is 132 Å². The number of carbonyl (C=O) groups is 2. The van der Waals surface area contributed by atoms with Crippen LogP contribution in [0.5, 0.6) is 11.5 Å². The Kier molecular flexibility index (Phi) is 5.46. The van der Waals surface area contributed by atoms with Crippen LogP contribution in [0.15, 0.2) is 23.1 Å². The summed E-state index contributed by atoms with van der Waals surface area (Å²) in [6, 6.07) is 4.73. The van der Waals surface area contributed by atoms with Crippen molar-refractivity contribution in [2.75, 3.05) is 27.4 Å². The number of thioether (sulfide) groups is 1. The Morgan fingerprint density at radius 3 is 2.77 bits per heavy atom. The monoisotopic (exact) mass is 323 g/mol. The molecule has 2 amide bonds. The summed E-state index contributed by atoms with van der Waals surface area (Å²) in [5, 5.41) is 9.28. The fourth-order valence-corrected chi connectivity index (χ4v) is 2.86. The van der Waals surface area contributed by atoms with Gasteiger partial charge in [0.15, 0.2) is 11.5 Å². The smallest absolute Gasteiger partial charge is 0.293 e. The number of amides is 2. The van der Waals surface area contributed by atoms with Crippen molar-refractivity contribution in [3.8, 4) is 11.5 Å². The molecule has 0 aliphatic carbocycles. The number of ether oxygens (including phenoxy) is 2.